The number of fused-ring (bicyclic) bond motifs is 1. The minimum atomic E-state index is -1.01. The third-order valence-corrected chi connectivity index (χ3v) is 7.07. The first-order valence-corrected chi connectivity index (χ1v) is 13.1. The number of amides is 2. The maximum Gasteiger partial charge on any atom is 0.343 e. The Hall–Kier alpha value is -4.02. The van der Waals surface area contributed by atoms with Crippen LogP contribution in [0.15, 0.2) is 53.6 Å². The SMILES string of the molecule is CCOC(=O)c1c(NC(=O)C(=O)NN=Cc2cccc(OC(=O)c3ccc(Cl)cc3)c2)sc2c1CCCC2. The van der Waals surface area contributed by atoms with E-state index in [1.807, 2.05) is 0 Å². The Kier molecular flexibility index (Phi) is 8.88. The highest BCUT2D eigenvalue weighted by atomic mass is 35.5. The van der Waals surface area contributed by atoms with E-state index in [4.69, 9.17) is 21.1 Å². The number of thiophene rings is 1. The zero-order valence-corrected chi connectivity index (χ0v) is 22.0. The average Bonchev–Trinajstić information content (AvgIpc) is 3.27. The molecule has 1 heterocycles. The van der Waals surface area contributed by atoms with Crippen LogP contribution in [-0.2, 0) is 27.2 Å². The fourth-order valence-electron chi connectivity index (χ4n) is 3.86. The molecular weight excluding hydrogens is 530 g/mol. The molecule has 9 nitrogen and oxygen atoms in total. The van der Waals surface area contributed by atoms with Gasteiger partial charge in [0.05, 0.1) is 23.9 Å². The van der Waals surface area contributed by atoms with Crippen molar-refractivity contribution in [1.82, 2.24) is 5.43 Å². The third kappa shape index (κ3) is 6.64. The summed E-state index contributed by atoms with van der Waals surface area (Å²) in [7, 11) is 0. The van der Waals surface area contributed by atoms with Crippen LogP contribution in [-0.4, -0.2) is 36.6 Å². The number of halogens is 1. The predicted octanol–water partition coefficient (Wildman–Crippen LogP) is 4.77. The van der Waals surface area contributed by atoms with Crippen LogP contribution in [0.2, 0.25) is 5.02 Å². The average molecular weight is 554 g/mol. The van der Waals surface area contributed by atoms with Crippen LogP contribution >= 0.6 is 22.9 Å². The molecule has 2 amide bonds. The van der Waals surface area contributed by atoms with E-state index in [-0.39, 0.29) is 12.4 Å². The van der Waals surface area contributed by atoms with Gasteiger partial charge in [-0.2, -0.15) is 5.10 Å². The van der Waals surface area contributed by atoms with Crippen molar-refractivity contribution in [2.45, 2.75) is 32.6 Å². The van der Waals surface area contributed by atoms with Crippen LogP contribution in [0.1, 0.15) is 56.5 Å². The third-order valence-electron chi connectivity index (χ3n) is 5.61. The lowest BCUT2D eigenvalue weighted by Gasteiger charge is -2.12. The second kappa shape index (κ2) is 12.5. The van der Waals surface area contributed by atoms with Crippen molar-refractivity contribution in [2.24, 2.45) is 5.10 Å². The Morgan fingerprint density at radius 2 is 1.79 bits per heavy atom. The number of benzene rings is 2. The fraction of sp³-hybridized carbons (Fsp3) is 0.222. The summed E-state index contributed by atoms with van der Waals surface area (Å²) >= 11 is 7.13. The van der Waals surface area contributed by atoms with E-state index in [1.54, 1.807) is 55.5 Å². The summed E-state index contributed by atoms with van der Waals surface area (Å²) in [5.41, 5.74) is 4.22. The summed E-state index contributed by atoms with van der Waals surface area (Å²) in [4.78, 5) is 50.7. The zero-order chi connectivity index (χ0) is 27.1. The van der Waals surface area contributed by atoms with Gasteiger partial charge in [0.2, 0.25) is 0 Å². The molecule has 0 bridgehead atoms. The highest BCUT2D eigenvalue weighted by Gasteiger charge is 2.28. The molecule has 1 aliphatic carbocycles. The number of nitrogens with one attached hydrogen (secondary N) is 2. The first-order chi connectivity index (χ1) is 18.4. The van der Waals surface area contributed by atoms with Gasteiger partial charge in [0.15, 0.2) is 0 Å². The molecule has 4 rings (SSSR count). The number of hydrogen-bond acceptors (Lipinski definition) is 8. The molecule has 196 valence electrons. The lowest BCUT2D eigenvalue weighted by Crippen LogP contribution is -2.32. The predicted molar refractivity (Wildman–Crippen MR) is 144 cm³/mol. The van der Waals surface area contributed by atoms with Crippen LogP contribution in [0, 0.1) is 0 Å². The van der Waals surface area contributed by atoms with Crippen LogP contribution < -0.4 is 15.5 Å². The summed E-state index contributed by atoms with van der Waals surface area (Å²) in [6, 6.07) is 12.8. The molecule has 11 heteroatoms. The van der Waals surface area contributed by atoms with Gasteiger partial charge in [-0.3, -0.25) is 9.59 Å². The van der Waals surface area contributed by atoms with Crippen molar-refractivity contribution in [1.29, 1.82) is 0 Å². The lowest BCUT2D eigenvalue weighted by atomic mass is 9.95. The topological polar surface area (TPSA) is 123 Å². The van der Waals surface area contributed by atoms with Crippen molar-refractivity contribution in [2.75, 3.05) is 11.9 Å². The molecule has 0 radical (unpaired) electrons. The van der Waals surface area contributed by atoms with Gasteiger partial charge >= 0.3 is 23.8 Å². The fourth-order valence-corrected chi connectivity index (χ4v) is 5.26. The highest BCUT2D eigenvalue weighted by Crippen LogP contribution is 2.38. The smallest absolute Gasteiger partial charge is 0.343 e. The van der Waals surface area contributed by atoms with E-state index >= 15 is 0 Å². The highest BCUT2D eigenvalue weighted by molar-refractivity contribution is 7.17. The molecule has 1 aliphatic rings. The normalized spacial score (nSPS) is 12.5. The summed E-state index contributed by atoms with van der Waals surface area (Å²) in [5, 5.41) is 7.15. The Labute approximate surface area is 227 Å². The second-order valence-corrected chi connectivity index (χ2v) is 9.80. The van der Waals surface area contributed by atoms with Gasteiger partial charge in [0, 0.05) is 9.90 Å². The van der Waals surface area contributed by atoms with E-state index in [0.717, 1.165) is 36.1 Å². The zero-order valence-electron chi connectivity index (χ0n) is 20.4. The largest absolute Gasteiger partial charge is 0.462 e. The maximum absolute atomic E-state index is 12.5. The Bertz CT molecular complexity index is 1400. The van der Waals surface area contributed by atoms with Crippen molar-refractivity contribution < 1.29 is 28.7 Å². The molecule has 38 heavy (non-hydrogen) atoms. The van der Waals surface area contributed by atoms with Gasteiger partial charge < -0.3 is 14.8 Å². The van der Waals surface area contributed by atoms with Crippen molar-refractivity contribution in [3.63, 3.8) is 0 Å². The molecule has 1 aromatic heterocycles. The van der Waals surface area contributed by atoms with Crippen molar-refractivity contribution in [3.05, 3.63) is 80.7 Å². The molecule has 2 aromatic carbocycles. The molecule has 0 unspecified atom stereocenters. The number of hydrogen-bond donors (Lipinski definition) is 2. The number of esters is 2. The maximum atomic E-state index is 12.5. The minimum absolute atomic E-state index is 0.202. The van der Waals surface area contributed by atoms with Gasteiger partial charge in [0.1, 0.15) is 10.8 Å². The van der Waals surface area contributed by atoms with Crippen LogP contribution in [0.4, 0.5) is 5.00 Å². The number of nitrogens with zero attached hydrogens (tertiary/aromatic N) is 1. The summed E-state index contributed by atoms with van der Waals surface area (Å²) < 4.78 is 10.5. The van der Waals surface area contributed by atoms with Crippen LogP contribution in [0.25, 0.3) is 0 Å². The van der Waals surface area contributed by atoms with Gasteiger partial charge in [-0.15, -0.1) is 11.3 Å². The van der Waals surface area contributed by atoms with Crippen LogP contribution in [0.5, 0.6) is 5.75 Å². The van der Waals surface area contributed by atoms with Crippen molar-refractivity contribution in [3.8, 4) is 5.75 Å². The van der Waals surface area contributed by atoms with E-state index in [1.165, 1.54) is 17.6 Å². The van der Waals surface area contributed by atoms with E-state index < -0.39 is 23.8 Å². The number of anilines is 1. The first-order valence-electron chi connectivity index (χ1n) is 11.9. The lowest BCUT2D eigenvalue weighted by molar-refractivity contribution is -0.136. The molecule has 3 aromatic rings. The van der Waals surface area contributed by atoms with Gasteiger partial charge in [-0.25, -0.2) is 15.0 Å². The number of aryl methyl sites for hydroxylation is 1. The molecular formula is C27H24ClN3O6S. The molecule has 0 atom stereocenters. The molecule has 0 fully saturated rings. The molecule has 0 spiro atoms. The van der Waals surface area contributed by atoms with E-state index in [0.29, 0.717) is 26.7 Å². The van der Waals surface area contributed by atoms with Crippen LogP contribution in [0.3, 0.4) is 0 Å². The van der Waals surface area contributed by atoms with Gasteiger partial charge in [0.25, 0.3) is 0 Å². The number of carbonyl (C=O) groups excluding carboxylic acids is 4. The van der Waals surface area contributed by atoms with E-state index in [9.17, 15) is 19.2 Å². The molecule has 0 saturated carbocycles. The summed E-state index contributed by atoms with van der Waals surface area (Å²) in [6.07, 6.45) is 4.78. The van der Waals surface area contributed by atoms with E-state index in [2.05, 4.69) is 15.8 Å². The Balaban J connectivity index is 1.37. The summed E-state index contributed by atoms with van der Waals surface area (Å²) in [6.45, 7) is 1.91. The second-order valence-electron chi connectivity index (χ2n) is 8.26. The molecule has 2 N–H and O–H groups in total. The van der Waals surface area contributed by atoms with Crippen molar-refractivity contribution >= 4 is 57.9 Å². The quantitative estimate of drug-likeness (QED) is 0.143. The van der Waals surface area contributed by atoms with Gasteiger partial charge in [-0.05, 0) is 80.1 Å². The minimum Gasteiger partial charge on any atom is -0.462 e. The van der Waals surface area contributed by atoms with Gasteiger partial charge in [-0.1, -0.05) is 23.7 Å². The molecule has 0 saturated heterocycles. The monoisotopic (exact) mass is 553 g/mol. The molecule has 0 aliphatic heterocycles. The standard InChI is InChI=1S/C27H24ClN3O6S/c1-2-36-27(35)22-20-8-3-4-9-21(20)38-25(22)30-23(32)24(33)31-29-15-16-6-5-7-19(14-16)37-26(34)17-10-12-18(28)13-11-17/h5-7,10-15H,2-4,8-9H2,1H3,(H,30,32)(H,31,33). The Morgan fingerprint density at radius 1 is 1.03 bits per heavy atom. The first kappa shape index (κ1) is 27.0. The Morgan fingerprint density at radius 3 is 2.55 bits per heavy atom. The number of carbonyl (C=O) groups is 4. The summed E-state index contributed by atoms with van der Waals surface area (Å²) in [5.74, 6) is -2.77. The number of hydrazone groups is 1. The number of ether oxygens (including phenoxy) is 2. The number of rotatable bonds is 7.